The number of rotatable bonds is 4. The molecular formula is C26H27N3O2. The number of fused-ring (bicyclic) bond motifs is 1. The van der Waals surface area contributed by atoms with Crippen molar-refractivity contribution in [2.45, 2.75) is 25.4 Å². The highest BCUT2D eigenvalue weighted by Gasteiger charge is 2.24. The van der Waals surface area contributed by atoms with E-state index < -0.39 is 0 Å². The van der Waals surface area contributed by atoms with E-state index in [0.717, 1.165) is 50.3 Å². The SMILES string of the molecule is O=C1CCC(c2ccc(C(=O)N3CCN(Cc4cccc5ccccc45)CC3)cc2)N1. The highest BCUT2D eigenvalue weighted by atomic mass is 16.2. The molecule has 158 valence electrons. The molecule has 0 saturated carbocycles. The Morgan fingerprint density at radius 1 is 0.903 bits per heavy atom. The van der Waals surface area contributed by atoms with Crippen LogP contribution < -0.4 is 5.32 Å². The zero-order chi connectivity index (χ0) is 21.2. The second-order valence-electron chi connectivity index (χ2n) is 8.49. The molecule has 0 spiro atoms. The first-order valence-corrected chi connectivity index (χ1v) is 11.0. The van der Waals surface area contributed by atoms with Gasteiger partial charge in [0, 0.05) is 44.7 Å². The number of nitrogens with one attached hydrogen (secondary N) is 1. The zero-order valence-electron chi connectivity index (χ0n) is 17.6. The van der Waals surface area contributed by atoms with Crippen molar-refractivity contribution in [1.29, 1.82) is 0 Å². The summed E-state index contributed by atoms with van der Waals surface area (Å²) in [6.07, 6.45) is 1.40. The monoisotopic (exact) mass is 413 g/mol. The van der Waals surface area contributed by atoms with Crippen LogP contribution in [-0.4, -0.2) is 47.8 Å². The molecule has 5 nitrogen and oxygen atoms in total. The zero-order valence-corrected chi connectivity index (χ0v) is 17.6. The van der Waals surface area contributed by atoms with Crippen LogP contribution in [0, 0.1) is 0 Å². The lowest BCUT2D eigenvalue weighted by Crippen LogP contribution is -2.48. The van der Waals surface area contributed by atoms with E-state index in [1.165, 1.54) is 16.3 Å². The van der Waals surface area contributed by atoms with Crippen molar-refractivity contribution in [3.8, 4) is 0 Å². The normalized spacial score (nSPS) is 19.5. The lowest BCUT2D eigenvalue weighted by molar-refractivity contribution is -0.119. The number of hydrogen-bond acceptors (Lipinski definition) is 3. The Morgan fingerprint density at radius 2 is 1.65 bits per heavy atom. The number of hydrogen-bond donors (Lipinski definition) is 1. The fraction of sp³-hybridized carbons (Fsp3) is 0.308. The first-order chi connectivity index (χ1) is 15.2. The minimum atomic E-state index is 0.0780. The average Bonchev–Trinajstić information content (AvgIpc) is 3.26. The minimum Gasteiger partial charge on any atom is -0.349 e. The summed E-state index contributed by atoms with van der Waals surface area (Å²) in [6, 6.07) is 22.8. The number of carbonyl (C=O) groups is 2. The van der Waals surface area contributed by atoms with Crippen molar-refractivity contribution in [2.24, 2.45) is 0 Å². The van der Waals surface area contributed by atoms with E-state index >= 15 is 0 Å². The largest absolute Gasteiger partial charge is 0.349 e. The topological polar surface area (TPSA) is 52.7 Å². The summed E-state index contributed by atoms with van der Waals surface area (Å²) in [5.41, 5.74) is 3.13. The van der Waals surface area contributed by atoms with Gasteiger partial charge in [0.1, 0.15) is 0 Å². The molecule has 0 radical (unpaired) electrons. The molecule has 5 rings (SSSR count). The van der Waals surface area contributed by atoms with E-state index in [9.17, 15) is 9.59 Å². The van der Waals surface area contributed by atoms with Gasteiger partial charge in [-0.1, -0.05) is 54.6 Å². The second-order valence-corrected chi connectivity index (χ2v) is 8.49. The van der Waals surface area contributed by atoms with Crippen molar-refractivity contribution in [3.63, 3.8) is 0 Å². The molecule has 2 heterocycles. The Labute approximate surface area is 182 Å². The van der Waals surface area contributed by atoms with Gasteiger partial charge in [-0.25, -0.2) is 0 Å². The first kappa shape index (κ1) is 19.8. The van der Waals surface area contributed by atoms with Crippen LogP contribution in [0.25, 0.3) is 10.8 Å². The van der Waals surface area contributed by atoms with Gasteiger partial charge in [0.25, 0.3) is 5.91 Å². The van der Waals surface area contributed by atoms with E-state index in [-0.39, 0.29) is 17.9 Å². The van der Waals surface area contributed by atoms with Crippen LogP contribution in [0.3, 0.4) is 0 Å². The van der Waals surface area contributed by atoms with Crippen molar-refractivity contribution in [3.05, 3.63) is 83.4 Å². The lowest BCUT2D eigenvalue weighted by atomic mass is 10.0. The van der Waals surface area contributed by atoms with Gasteiger partial charge < -0.3 is 10.2 Å². The van der Waals surface area contributed by atoms with Gasteiger partial charge in [-0.3, -0.25) is 14.5 Å². The fourth-order valence-corrected chi connectivity index (χ4v) is 4.69. The molecule has 2 aliphatic heterocycles. The molecule has 0 bridgehead atoms. The third kappa shape index (κ3) is 4.19. The van der Waals surface area contributed by atoms with Crippen LogP contribution in [0.2, 0.25) is 0 Å². The van der Waals surface area contributed by atoms with Gasteiger partial charge in [0.15, 0.2) is 0 Å². The number of amides is 2. The van der Waals surface area contributed by atoms with E-state index in [2.05, 4.69) is 52.7 Å². The maximum atomic E-state index is 13.0. The van der Waals surface area contributed by atoms with E-state index in [1.54, 1.807) is 0 Å². The summed E-state index contributed by atoms with van der Waals surface area (Å²) in [6.45, 7) is 4.14. The molecule has 0 aromatic heterocycles. The third-order valence-corrected chi connectivity index (χ3v) is 6.49. The van der Waals surface area contributed by atoms with Gasteiger partial charge in [0.05, 0.1) is 6.04 Å². The molecule has 5 heteroatoms. The Bertz CT molecular complexity index is 1100. The fourth-order valence-electron chi connectivity index (χ4n) is 4.69. The molecule has 2 saturated heterocycles. The molecule has 1 N–H and O–H groups in total. The van der Waals surface area contributed by atoms with Crippen LogP contribution in [0.5, 0.6) is 0 Å². The highest BCUT2D eigenvalue weighted by molar-refractivity contribution is 5.94. The molecule has 31 heavy (non-hydrogen) atoms. The molecular weight excluding hydrogens is 386 g/mol. The maximum Gasteiger partial charge on any atom is 0.253 e. The second kappa shape index (κ2) is 8.52. The van der Waals surface area contributed by atoms with Crippen molar-refractivity contribution in [2.75, 3.05) is 26.2 Å². The van der Waals surface area contributed by atoms with Crippen LogP contribution in [0.4, 0.5) is 0 Å². The van der Waals surface area contributed by atoms with Crippen LogP contribution in [-0.2, 0) is 11.3 Å². The van der Waals surface area contributed by atoms with E-state index in [1.807, 2.05) is 29.2 Å². The first-order valence-electron chi connectivity index (χ1n) is 11.0. The number of nitrogens with zero attached hydrogens (tertiary/aromatic N) is 2. The summed E-state index contributed by atoms with van der Waals surface area (Å²) in [5, 5.41) is 5.56. The van der Waals surface area contributed by atoms with E-state index in [4.69, 9.17) is 0 Å². The standard InChI is InChI=1S/C26H27N3O2/c30-25-13-12-24(27-25)20-8-10-21(11-9-20)26(31)29-16-14-28(15-17-29)18-22-6-3-5-19-4-1-2-7-23(19)22/h1-11,24H,12-18H2,(H,27,30). The molecule has 3 aromatic carbocycles. The lowest BCUT2D eigenvalue weighted by Gasteiger charge is -2.35. The van der Waals surface area contributed by atoms with Gasteiger partial charge >= 0.3 is 0 Å². The van der Waals surface area contributed by atoms with Gasteiger partial charge in [0.2, 0.25) is 5.91 Å². The molecule has 2 fully saturated rings. The summed E-state index contributed by atoms with van der Waals surface area (Å²) >= 11 is 0. The quantitative estimate of drug-likeness (QED) is 0.709. The molecule has 2 aliphatic rings. The minimum absolute atomic E-state index is 0.0780. The van der Waals surface area contributed by atoms with Gasteiger partial charge in [-0.2, -0.15) is 0 Å². The predicted octanol–water partition coefficient (Wildman–Crippen LogP) is 3.75. The van der Waals surface area contributed by atoms with E-state index in [0.29, 0.717) is 6.42 Å². The highest BCUT2D eigenvalue weighted by Crippen LogP contribution is 2.24. The summed E-state index contributed by atoms with van der Waals surface area (Å²) < 4.78 is 0. The molecule has 0 aliphatic carbocycles. The summed E-state index contributed by atoms with van der Waals surface area (Å²) in [5.74, 6) is 0.193. The van der Waals surface area contributed by atoms with Crippen LogP contribution >= 0.6 is 0 Å². The number of piperazine rings is 1. The Kier molecular flexibility index (Phi) is 5.43. The Hall–Kier alpha value is -3.18. The molecule has 1 atom stereocenters. The van der Waals surface area contributed by atoms with Gasteiger partial charge in [-0.05, 0) is 40.5 Å². The smallest absolute Gasteiger partial charge is 0.253 e. The number of benzene rings is 3. The van der Waals surface area contributed by atoms with Crippen molar-refractivity contribution >= 4 is 22.6 Å². The molecule has 3 aromatic rings. The predicted molar refractivity (Wildman–Crippen MR) is 122 cm³/mol. The maximum absolute atomic E-state index is 13.0. The molecule has 2 amide bonds. The Balaban J connectivity index is 1.19. The Morgan fingerprint density at radius 3 is 2.39 bits per heavy atom. The summed E-state index contributed by atoms with van der Waals surface area (Å²) in [4.78, 5) is 28.8. The molecule has 1 unspecified atom stereocenters. The van der Waals surface area contributed by atoms with Crippen LogP contribution in [0.1, 0.15) is 40.4 Å². The summed E-state index contributed by atoms with van der Waals surface area (Å²) in [7, 11) is 0. The third-order valence-electron chi connectivity index (χ3n) is 6.49. The van der Waals surface area contributed by atoms with Crippen molar-refractivity contribution in [1.82, 2.24) is 15.1 Å². The number of carbonyl (C=O) groups excluding carboxylic acids is 2. The van der Waals surface area contributed by atoms with Crippen LogP contribution in [0.15, 0.2) is 66.7 Å². The van der Waals surface area contributed by atoms with Gasteiger partial charge in [-0.15, -0.1) is 0 Å². The van der Waals surface area contributed by atoms with Crippen molar-refractivity contribution < 1.29 is 9.59 Å². The average molecular weight is 414 g/mol.